The average molecular weight is 463 g/mol. The molecule has 2 fully saturated rings. The molecule has 114 valence electrons. The molecule has 1 amide bonds. The van der Waals surface area contributed by atoms with Crippen molar-refractivity contribution in [2.75, 3.05) is 13.1 Å². The molecule has 0 aliphatic carbocycles. The van der Waals surface area contributed by atoms with Crippen LogP contribution in [0.15, 0.2) is 22.7 Å². The molecule has 2 atom stereocenters. The summed E-state index contributed by atoms with van der Waals surface area (Å²) in [5, 5.41) is 3.58. The SMILES string of the molecule is O=C(c1cc(I)ccc1Br)N1CCCCC1C1CCCN1. The van der Waals surface area contributed by atoms with Gasteiger partial charge in [-0.25, -0.2) is 0 Å². The number of hydrogen-bond donors (Lipinski definition) is 1. The molecule has 0 saturated carbocycles. The summed E-state index contributed by atoms with van der Waals surface area (Å²) >= 11 is 5.80. The minimum absolute atomic E-state index is 0.179. The fourth-order valence-electron chi connectivity index (χ4n) is 3.48. The lowest BCUT2D eigenvalue weighted by Gasteiger charge is -2.39. The highest BCUT2D eigenvalue weighted by Gasteiger charge is 2.35. The quantitative estimate of drug-likeness (QED) is 0.678. The topological polar surface area (TPSA) is 32.3 Å². The van der Waals surface area contributed by atoms with Gasteiger partial charge in [-0.15, -0.1) is 0 Å². The van der Waals surface area contributed by atoms with E-state index >= 15 is 0 Å². The molecule has 0 aromatic heterocycles. The highest BCUT2D eigenvalue weighted by Crippen LogP contribution is 2.28. The van der Waals surface area contributed by atoms with Crippen molar-refractivity contribution >= 4 is 44.4 Å². The number of piperidine rings is 1. The summed E-state index contributed by atoms with van der Waals surface area (Å²) in [7, 11) is 0. The van der Waals surface area contributed by atoms with Crippen LogP contribution < -0.4 is 5.32 Å². The number of carbonyl (C=O) groups is 1. The van der Waals surface area contributed by atoms with Crippen LogP contribution in [0.4, 0.5) is 0 Å². The molecule has 1 aromatic rings. The summed E-state index contributed by atoms with van der Waals surface area (Å²) in [6, 6.07) is 6.82. The second kappa shape index (κ2) is 6.96. The summed E-state index contributed by atoms with van der Waals surface area (Å²) < 4.78 is 2.00. The zero-order valence-corrected chi connectivity index (χ0v) is 15.7. The molecule has 5 heteroatoms. The van der Waals surface area contributed by atoms with E-state index in [1.807, 2.05) is 18.2 Å². The van der Waals surface area contributed by atoms with Crippen molar-refractivity contribution in [3.8, 4) is 0 Å². The monoisotopic (exact) mass is 462 g/mol. The van der Waals surface area contributed by atoms with Gasteiger partial charge in [-0.3, -0.25) is 4.79 Å². The van der Waals surface area contributed by atoms with Crippen molar-refractivity contribution in [1.82, 2.24) is 10.2 Å². The average Bonchev–Trinajstić information content (AvgIpc) is 3.03. The molecule has 2 heterocycles. The van der Waals surface area contributed by atoms with E-state index in [-0.39, 0.29) is 5.91 Å². The van der Waals surface area contributed by atoms with Crippen LogP contribution in [-0.2, 0) is 0 Å². The molecule has 2 unspecified atom stereocenters. The predicted octanol–water partition coefficient (Wildman–Crippen LogP) is 3.80. The van der Waals surface area contributed by atoms with Gasteiger partial charge in [0.2, 0.25) is 0 Å². The molecule has 0 spiro atoms. The van der Waals surface area contributed by atoms with Crippen LogP contribution in [0.3, 0.4) is 0 Å². The van der Waals surface area contributed by atoms with Crippen LogP contribution in [0.5, 0.6) is 0 Å². The third-order valence-electron chi connectivity index (χ3n) is 4.53. The maximum absolute atomic E-state index is 13.0. The first-order valence-electron chi connectivity index (χ1n) is 7.66. The van der Waals surface area contributed by atoms with E-state index < -0.39 is 0 Å². The van der Waals surface area contributed by atoms with Crippen LogP contribution in [-0.4, -0.2) is 36.0 Å². The smallest absolute Gasteiger partial charge is 0.255 e. The van der Waals surface area contributed by atoms with Crippen LogP contribution in [0.1, 0.15) is 42.5 Å². The first-order chi connectivity index (χ1) is 10.2. The van der Waals surface area contributed by atoms with E-state index in [2.05, 4.69) is 48.7 Å². The Balaban J connectivity index is 1.85. The normalized spacial score (nSPS) is 26.1. The Kier molecular flexibility index (Phi) is 5.22. The summed E-state index contributed by atoms with van der Waals surface area (Å²) in [5.74, 6) is 0.179. The maximum atomic E-state index is 13.0. The number of halogens is 2. The van der Waals surface area contributed by atoms with Gasteiger partial charge in [0, 0.05) is 26.7 Å². The Morgan fingerprint density at radius 1 is 1.29 bits per heavy atom. The predicted molar refractivity (Wildman–Crippen MR) is 96.6 cm³/mol. The molecular weight excluding hydrogens is 443 g/mol. The molecule has 2 aliphatic rings. The van der Waals surface area contributed by atoms with Gasteiger partial charge in [0.15, 0.2) is 0 Å². The minimum Gasteiger partial charge on any atom is -0.334 e. The highest BCUT2D eigenvalue weighted by molar-refractivity contribution is 14.1. The van der Waals surface area contributed by atoms with Gasteiger partial charge in [-0.05, 0) is 95.4 Å². The van der Waals surface area contributed by atoms with E-state index in [1.165, 1.54) is 19.3 Å². The Hall–Kier alpha value is -0.140. The summed E-state index contributed by atoms with van der Waals surface area (Å²) in [5.41, 5.74) is 0.798. The maximum Gasteiger partial charge on any atom is 0.255 e. The van der Waals surface area contributed by atoms with Gasteiger partial charge in [0.25, 0.3) is 5.91 Å². The number of hydrogen-bond acceptors (Lipinski definition) is 2. The van der Waals surface area contributed by atoms with E-state index in [4.69, 9.17) is 0 Å². The van der Waals surface area contributed by atoms with Crippen LogP contribution >= 0.6 is 38.5 Å². The van der Waals surface area contributed by atoms with Gasteiger partial charge in [-0.2, -0.15) is 0 Å². The molecule has 1 N–H and O–H groups in total. The second-order valence-electron chi connectivity index (χ2n) is 5.89. The van der Waals surface area contributed by atoms with E-state index in [0.717, 1.165) is 39.5 Å². The number of benzene rings is 1. The van der Waals surface area contributed by atoms with Crippen molar-refractivity contribution < 1.29 is 4.79 Å². The van der Waals surface area contributed by atoms with Crippen molar-refractivity contribution in [1.29, 1.82) is 0 Å². The Labute approximate surface area is 148 Å². The highest BCUT2D eigenvalue weighted by atomic mass is 127. The van der Waals surface area contributed by atoms with Gasteiger partial charge >= 0.3 is 0 Å². The number of nitrogens with one attached hydrogen (secondary N) is 1. The number of likely N-dealkylation sites (tertiary alicyclic amines) is 1. The molecule has 0 bridgehead atoms. The molecule has 2 aliphatic heterocycles. The molecule has 1 aromatic carbocycles. The summed E-state index contributed by atoms with van der Waals surface area (Å²) in [4.78, 5) is 15.1. The van der Waals surface area contributed by atoms with E-state index in [1.54, 1.807) is 0 Å². The Morgan fingerprint density at radius 2 is 2.14 bits per heavy atom. The standard InChI is InChI=1S/C16H20BrIN2O/c17-13-7-6-11(18)10-12(13)16(21)20-9-2-1-5-15(20)14-4-3-8-19-14/h6-7,10,14-15,19H,1-5,8-9H2. The van der Waals surface area contributed by atoms with Crippen molar-refractivity contribution in [2.24, 2.45) is 0 Å². The largest absolute Gasteiger partial charge is 0.334 e. The lowest BCUT2D eigenvalue weighted by Crippen LogP contribution is -2.52. The lowest BCUT2D eigenvalue weighted by atomic mass is 9.93. The lowest BCUT2D eigenvalue weighted by molar-refractivity contribution is 0.0562. The van der Waals surface area contributed by atoms with Crippen LogP contribution in [0.2, 0.25) is 0 Å². The Morgan fingerprint density at radius 3 is 2.90 bits per heavy atom. The first-order valence-corrected chi connectivity index (χ1v) is 9.53. The summed E-state index contributed by atoms with van der Waals surface area (Å²) in [6.07, 6.45) is 5.92. The number of carbonyl (C=O) groups excluding carboxylic acids is 1. The van der Waals surface area contributed by atoms with Gasteiger partial charge in [0.05, 0.1) is 5.56 Å². The molecule has 0 radical (unpaired) electrons. The van der Waals surface area contributed by atoms with Crippen molar-refractivity contribution in [2.45, 2.75) is 44.2 Å². The Bertz CT molecular complexity index is 531. The van der Waals surface area contributed by atoms with Gasteiger partial charge in [-0.1, -0.05) is 0 Å². The van der Waals surface area contributed by atoms with Crippen molar-refractivity contribution in [3.05, 3.63) is 31.8 Å². The van der Waals surface area contributed by atoms with Crippen molar-refractivity contribution in [3.63, 3.8) is 0 Å². The zero-order chi connectivity index (χ0) is 14.8. The third-order valence-corrected chi connectivity index (χ3v) is 5.89. The second-order valence-corrected chi connectivity index (χ2v) is 7.99. The minimum atomic E-state index is 0.179. The van der Waals surface area contributed by atoms with Crippen LogP contribution in [0, 0.1) is 3.57 Å². The number of rotatable bonds is 2. The molecule has 21 heavy (non-hydrogen) atoms. The zero-order valence-electron chi connectivity index (χ0n) is 11.9. The molecule has 3 nitrogen and oxygen atoms in total. The third kappa shape index (κ3) is 3.45. The number of amides is 1. The fraction of sp³-hybridized carbons (Fsp3) is 0.562. The van der Waals surface area contributed by atoms with E-state index in [0.29, 0.717) is 12.1 Å². The number of nitrogens with zero attached hydrogens (tertiary/aromatic N) is 1. The van der Waals surface area contributed by atoms with Gasteiger partial charge in [0.1, 0.15) is 0 Å². The fourth-order valence-corrected chi connectivity index (χ4v) is 4.39. The molecular formula is C16H20BrIN2O. The van der Waals surface area contributed by atoms with E-state index in [9.17, 15) is 4.79 Å². The summed E-state index contributed by atoms with van der Waals surface area (Å²) in [6.45, 7) is 1.98. The van der Waals surface area contributed by atoms with Crippen LogP contribution in [0.25, 0.3) is 0 Å². The first kappa shape index (κ1) is 15.7. The molecule has 2 saturated heterocycles. The molecule has 3 rings (SSSR count). The van der Waals surface area contributed by atoms with Gasteiger partial charge < -0.3 is 10.2 Å².